The van der Waals surface area contributed by atoms with Crippen LogP contribution in [-0.2, 0) is 6.42 Å². The van der Waals surface area contributed by atoms with Crippen LogP contribution in [0.5, 0.6) is 0 Å². The second-order valence-electron chi connectivity index (χ2n) is 5.69. The van der Waals surface area contributed by atoms with Crippen LogP contribution in [0.15, 0.2) is 12.3 Å². The summed E-state index contributed by atoms with van der Waals surface area (Å²) in [5.41, 5.74) is 1.13. The highest BCUT2D eigenvalue weighted by Gasteiger charge is 2.18. The summed E-state index contributed by atoms with van der Waals surface area (Å²) < 4.78 is 2.16. The Morgan fingerprint density at radius 3 is 2.72 bits per heavy atom. The molecular formula is C15H26N2O. The molecule has 0 aromatic carbocycles. The molecule has 1 heterocycles. The van der Waals surface area contributed by atoms with Crippen molar-refractivity contribution in [2.75, 3.05) is 0 Å². The molecule has 0 radical (unpaired) electrons. The van der Waals surface area contributed by atoms with Crippen LogP contribution in [0.1, 0.15) is 64.1 Å². The van der Waals surface area contributed by atoms with E-state index in [1.807, 2.05) is 6.92 Å². The van der Waals surface area contributed by atoms with E-state index < -0.39 is 0 Å². The van der Waals surface area contributed by atoms with Crippen molar-refractivity contribution in [2.24, 2.45) is 5.92 Å². The van der Waals surface area contributed by atoms with Crippen molar-refractivity contribution in [1.29, 1.82) is 0 Å². The van der Waals surface area contributed by atoms with Gasteiger partial charge in [0.2, 0.25) is 0 Å². The first-order chi connectivity index (χ1) is 8.70. The SMILES string of the molecule is CCC(Cc1ccn(C2CCCCC2)n1)C(C)O. The van der Waals surface area contributed by atoms with E-state index in [0.29, 0.717) is 12.0 Å². The van der Waals surface area contributed by atoms with Crippen LogP contribution in [0.2, 0.25) is 0 Å². The number of aliphatic hydroxyl groups excluding tert-OH is 1. The second kappa shape index (κ2) is 6.37. The molecule has 1 aromatic heterocycles. The first-order valence-corrected chi connectivity index (χ1v) is 7.42. The van der Waals surface area contributed by atoms with Crippen molar-refractivity contribution in [1.82, 2.24) is 9.78 Å². The lowest BCUT2D eigenvalue weighted by Crippen LogP contribution is -2.19. The van der Waals surface area contributed by atoms with Gasteiger partial charge < -0.3 is 5.11 Å². The summed E-state index contributed by atoms with van der Waals surface area (Å²) >= 11 is 0. The molecular weight excluding hydrogens is 224 g/mol. The zero-order valence-electron chi connectivity index (χ0n) is 11.7. The predicted molar refractivity (Wildman–Crippen MR) is 73.5 cm³/mol. The highest BCUT2D eigenvalue weighted by atomic mass is 16.3. The normalized spacial score (nSPS) is 20.8. The molecule has 3 heteroatoms. The van der Waals surface area contributed by atoms with E-state index in [1.165, 1.54) is 32.1 Å². The number of hydrogen-bond donors (Lipinski definition) is 1. The molecule has 0 bridgehead atoms. The van der Waals surface area contributed by atoms with Gasteiger partial charge in [-0.25, -0.2) is 0 Å². The Morgan fingerprint density at radius 1 is 1.39 bits per heavy atom. The largest absolute Gasteiger partial charge is 0.393 e. The zero-order valence-corrected chi connectivity index (χ0v) is 11.7. The van der Waals surface area contributed by atoms with Crippen LogP contribution in [0.25, 0.3) is 0 Å². The molecule has 3 nitrogen and oxygen atoms in total. The van der Waals surface area contributed by atoms with Gasteiger partial charge in [-0.1, -0.05) is 32.6 Å². The first-order valence-electron chi connectivity index (χ1n) is 7.42. The molecule has 0 spiro atoms. The lowest BCUT2D eigenvalue weighted by Gasteiger charge is -2.22. The van der Waals surface area contributed by atoms with E-state index in [1.54, 1.807) is 0 Å². The minimum atomic E-state index is -0.241. The van der Waals surface area contributed by atoms with Crippen LogP contribution >= 0.6 is 0 Å². The van der Waals surface area contributed by atoms with Gasteiger partial charge in [0.1, 0.15) is 0 Å². The number of hydrogen-bond acceptors (Lipinski definition) is 2. The van der Waals surface area contributed by atoms with Crippen LogP contribution in [0, 0.1) is 5.92 Å². The first kappa shape index (κ1) is 13.6. The van der Waals surface area contributed by atoms with E-state index in [2.05, 4.69) is 23.9 Å². The van der Waals surface area contributed by atoms with Crippen LogP contribution in [-0.4, -0.2) is 21.0 Å². The summed E-state index contributed by atoms with van der Waals surface area (Å²) in [4.78, 5) is 0. The average Bonchev–Trinajstić information content (AvgIpc) is 2.85. The van der Waals surface area contributed by atoms with Crippen LogP contribution < -0.4 is 0 Å². The molecule has 1 aromatic rings. The molecule has 102 valence electrons. The van der Waals surface area contributed by atoms with Gasteiger partial charge in [-0.2, -0.15) is 5.10 Å². The Hall–Kier alpha value is -0.830. The molecule has 1 saturated carbocycles. The molecule has 2 rings (SSSR count). The number of rotatable bonds is 5. The number of nitrogens with zero attached hydrogens (tertiary/aromatic N) is 2. The van der Waals surface area contributed by atoms with E-state index in [9.17, 15) is 5.11 Å². The van der Waals surface area contributed by atoms with Gasteiger partial charge in [0.25, 0.3) is 0 Å². The molecule has 0 amide bonds. The summed E-state index contributed by atoms with van der Waals surface area (Å²) in [5, 5.41) is 14.4. The van der Waals surface area contributed by atoms with Gasteiger partial charge in [-0.05, 0) is 38.2 Å². The van der Waals surface area contributed by atoms with Crippen LogP contribution in [0.3, 0.4) is 0 Å². The summed E-state index contributed by atoms with van der Waals surface area (Å²) in [6, 6.07) is 2.73. The van der Waals surface area contributed by atoms with Gasteiger partial charge in [0.05, 0.1) is 17.8 Å². The molecule has 0 saturated heterocycles. The van der Waals surface area contributed by atoms with Gasteiger partial charge in [0.15, 0.2) is 0 Å². The van der Waals surface area contributed by atoms with E-state index >= 15 is 0 Å². The molecule has 1 fully saturated rings. The van der Waals surface area contributed by atoms with Crippen molar-refractivity contribution in [3.8, 4) is 0 Å². The second-order valence-corrected chi connectivity index (χ2v) is 5.69. The zero-order chi connectivity index (χ0) is 13.0. The van der Waals surface area contributed by atoms with E-state index in [-0.39, 0.29) is 6.10 Å². The molecule has 1 aliphatic rings. The summed E-state index contributed by atoms with van der Waals surface area (Å²) in [6.45, 7) is 4.02. The van der Waals surface area contributed by atoms with Crippen molar-refractivity contribution in [3.05, 3.63) is 18.0 Å². The van der Waals surface area contributed by atoms with Gasteiger partial charge in [-0.3, -0.25) is 4.68 Å². The third-order valence-electron chi connectivity index (χ3n) is 4.29. The lowest BCUT2D eigenvalue weighted by molar-refractivity contribution is 0.122. The van der Waals surface area contributed by atoms with Crippen molar-refractivity contribution in [2.45, 2.75) is 70.9 Å². The third-order valence-corrected chi connectivity index (χ3v) is 4.29. The van der Waals surface area contributed by atoms with Crippen molar-refractivity contribution < 1.29 is 5.11 Å². The Labute approximate surface area is 110 Å². The van der Waals surface area contributed by atoms with Crippen molar-refractivity contribution >= 4 is 0 Å². The monoisotopic (exact) mass is 250 g/mol. The average molecular weight is 250 g/mol. The molecule has 2 unspecified atom stereocenters. The number of aromatic nitrogens is 2. The van der Waals surface area contributed by atoms with Crippen LogP contribution in [0.4, 0.5) is 0 Å². The minimum absolute atomic E-state index is 0.241. The Bertz CT molecular complexity index is 353. The maximum atomic E-state index is 9.69. The molecule has 2 atom stereocenters. The molecule has 1 aliphatic carbocycles. The molecule has 1 N–H and O–H groups in total. The fourth-order valence-electron chi connectivity index (χ4n) is 2.96. The third kappa shape index (κ3) is 3.35. The fourth-order valence-corrected chi connectivity index (χ4v) is 2.96. The van der Waals surface area contributed by atoms with Gasteiger partial charge in [0, 0.05) is 6.20 Å². The molecule has 0 aliphatic heterocycles. The van der Waals surface area contributed by atoms with Gasteiger partial charge >= 0.3 is 0 Å². The smallest absolute Gasteiger partial charge is 0.0628 e. The number of aliphatic hydroxyl groups is 1. The Kier molecular flexibility index (Phi) is 4.81. The fraction of sp³-hybridized carbons (Fsp3) is 0.800. The Morgan fingerprint density at radius 2 is 2.11 bits per heavy atom. The summed E-state index contributed by atoms with van der Waals surface area (Å²) in [7, 11) is 0. The quantitative estimate of drug-likeness (QED) is 0.870. The topological polar surface area (TPSA) is 38.0 Å². The Balaban J connectivity index is 1.96. The predicted octanol–water partition coefficient (Wildman–Crippen LogP) is 3.34. The van der Waals surface area contributed by atoms with Gasteiger partial charge in [-0.15, -0.1) is 0 Å². The summed E-state index contributed by atoms with van der Waals surface area (Å²) in [5.74, 6) is 0.333. The minimum Gasteiger partial charge on any atom is -0.393 e. The maximum absolute atomic E-state index is 9.69. The van der Waals surface area contributed by atoms with E-state index in [0.717, 1.165) is 18.5 Å². The maximum Gasteiger partial charge on any atom is 0.0628 e. The highest BCUT2D eigenvalue weighted by molar-refractivity contribution is 5.02. The summed E-state index contributed by atoms with van der Waals surface area (Å²) in [6.07, 6.45) is 10.4. The molecule has 18 heavy (non-hydrogen) atoms. The highest BCUT2D eigenvalue weighted by Crippen LogP contribution is 2.27. The van der Waals surface area contributed by atoms with Crippen molar-refractivity contribution in [3.63, 3.8) is 0 Å². The standard InChI is InChI=1S/C15H26N2O/c1-3-13(12(2)18)11-14-9-10-17(16-14)15-7-5-4-6-8-15/h9-10,12-13,15,18H,3-8,11H2,1-2H3. The van der Waals surface area contributed by atoms with E-state index in [4.69, 9.17) is 5.10 Å². The lowest BCUT2D eigenvalue weighted by atomic mass is 9.95.